The van der Waals surface area contributed by atoms with E-state index in [2.05, 4.69) is 5.32 Å². The molecule has 1 aliphatic carbocycles. The minimum atomic E-state index is -4.29. The number of halogens is 3. The van der Waals surface area contributed by atoms with Crippen LogP contribution in [-0.2, 0) is 4.79 Å². The van der Waals surface area contributed by atoms with Gasteiger partial charge < -0.3 is 15.3 Å². The minimum Gasteiger partial charge on any atom is -0.388 e. The average Bonchev–Trinajstić information content (AvgIpc) is 2.35. The zero-order chi connectivity index (χ0) is 16.1. The first-order valence-electron chi connectivity index (χ1n) is 7.00. The van der Waals surface area contributed by atoms with Crippen molar-refractivity contribution in [3.63, 3.8) is 0 Å². The molecule has 0 radical (unpaired) electrons. The van der Waals surface area contributed by atoms with Crippen molar-refractivity contribution in [1.29, 1.82) is 0 Å². The molecule has 0 heterocycles. The van der Waals surface area contributed by atoms with Gasteiger partial charge in [0.1, 0.15) is 0 Å². The second-order valence-corrected chi connectivity index (χ2v) is 5.94. The normalized spacial score (nSPS) is 27.3. The van der Waals surface area contributed by atoms with Gasteiger partial charge in [0.05, 0.1) is 11.5 Å². The quantitative estimate of drug-likeness (QED) is 0.760. The number of amides is 1. The van der Waals surface area contributed by atoms with Crippen LogP contribution in [0.5, 0.6) is 0 Å². The molecule has 0 saturated heterocycles. The fourth-order valence-electron chi connectivity index (χ4n) is 2.46. The molecule has 2 N–H and O–H groups in total. The molecule has 1 saturated carbocycles. The third kappa shape index (κ3) is 6.48. The second-order valence-electron chi connectivity index (χ2n) is 5.94. The molecule has 4 nitrogen and oxygen atoms in total. The molecule has 1 aliphatic rings. The van der Waals surface area contributed by atoms with Gasteiger partial charge in [-0.3, -0.25) is 4.79 Å². The number of rotatable bonds is 5. The first-order chi connectivity index (χ1) is 9.62. The maximum absolute atomic E-state index is 12.7. The molecule has 122 valence electrons. The first kappa shape index (κ1) is 18.0. The third-order valence-corrected chi connectivity index (χ3v) is 3.62. The van der Waals surface area contributed by atoms with Gasteiger partial charge >= 0.3 is 6.18 Å². The summed E-state index contributed by atoms with van der Waals surface area (Å²) in [5.74, 6) is -1.89. The van der Waals surface area contributed by atoms with Crippen LogP contribution >= 0.6 is 0 Å². The maximum atomic E-state index is 12.7. The Morgan fingerprint density at radius 1 is 1.48 bits per heavy atom. The van der Waals surface area contributed by atoms with E-state index in [1.165, 1.54) is 6.08 Å². The highest BCUT2D eigenvalue weighted by Crippen LogP contribution is 2.41. The Morgan fingerprint density at radius 2 is 2.14 bits per heavy atom. The van der Waals surface area contributed by atoms with Crippen molar-refractivity contribution in [3.05, 3.63) is 12.2 Å². The average molecular weight is 308 g/mol. The number of hydrogen-bond acceptors (Lipinski definition) is 3. The summed E-state index contributed by atoms with van der Waals surface area (Å²) in [4.78, 5) is 13.4. The lowest BCUT2D eigenvalue weighted by Crippen LogP contribution is -2.48. The van der Waals surface area contributed by atoms with Gasteiger partial charge in [-0.1, -0.05) is 6.08 Å². The van der Waals surface area contributed by atoms with Gasteiger partial charge in [0.15, 0.2) is 0 Å². The maximum Gasteiger partial charge on any atom is 0.391 e. The van der Waals surface area contributed by atoms with Crippen LogP contribution in [0.15, 0.2) is 12.2 Å². The molecule has 1 amide bonds. The van der Waals surface area contributed by atoms with Gasteiger partial charge in [0.2, 0.25) is 5.91 Å². The monoisotopic (exact) mass is 308 g/mol. The predicted molar refractivity (Wildman–Crippen MR) is 73.7 cm³/mol. The highest BCUT2D eigenvalue weighted by atomic mass is 19.4. The van der Waals surface area contributed by atoms with Gasteiger partial charge in [-0.05, 0) is 39.8 Å². The van der Waals surface area contributed by atoms with Crippen LogP contribution in [0.3, 0.4) is 0 Å². The van der Waals surface area contributed by atoms with Crippen LogP contribution in [0.4, 0.5) is 13.2 Å². The fraction of sp³-hybridized carbons (Fsp3) is 0.786. The van der Waals surface area contributed by atoms with Crippen molar-refractivity contribution in [3.8, 4) is 0 Å². The van der Waals surface area contributed by atoms with E-state index in [4.69, 9.17) is 0 Å². The zero-order valence-corrected chi connectivity index (χ0v) is 12.4. The number of aliphatic hydroxyl groups is 1. The molecule has 0 aromatic carbocycles. The highest BCUT2D eigenvalue weighted by Gasteiger charge is 2.46. The molecular weight excluding hydrogens is 285 g/mol. The van der Waals surface area contributed by atoms with Gasteiger partial charge in [0.25, 0.3) is 0 Å². The summed E-state index contributed by atoms with van der Waals surface area (Å²) in [5, 5.41) is 12.7. The minimum absolute atomic E-state index is 0.0441. The molecule has 1 fully saturated rings. The van der Waals surface area contributed by atoms with Crippen LogP contribution in [0.1, 0.15) is 25.7 Å². The van der Waals surface area contributed by atoms with Crippen molar-refractivity contribution in [2.45, 2.75) is 37.5 Å². The summed E-state index contributed by atoms with van der Waals surface area (Å²) >= 11 is 0. The molecule has 0 spiro atoms. The second kappa shape index (κ2) is 7.26. The van der Waals surface area contributed by atoms with Crippen LogP contribution in [0.2, 0.25) is 0 Å². The SMILES string of the molecule is CN(C)C/C=C/C(=O)NCC1(O)CCCC(C(F)(F)F)C1. The molecule has 21 heavy (non-hydrogen) atoms. The Morgan fingerprint density at radius 3 is 2.71 bits per heavy atom. The van der Waals surface area contributed by atoms with Crippen molar-refractivity contribution >= 4 is 5.91 Å². The largest absolute Gasteiger partial charge is 0.391 e. The fourth-order valence-corrected chi connectivity index (χ4v) is 2.46. The summed E-state index contributed by atoms with van der Waals surface area (Å²) in [7, 11) is 3.70. The lowest BCUT2D eigenvalue weighted by atomic mass is 9.77. The number of alkyl halides is 3. The molecule has 0 bridgehead atoms. The Labute approximate surface area is 123 Å². The smallest absolute Gasteiger partial charge is 0.388 e. The van der Waals surface area contributed by atoms with E-state index in [9.17, 15) is 23.1 Å². The highest BCUT2D eigenvalue weighted by molar-refractivity contribution is 5.87. The standard InChI is InChI=1S/C14H23F3N2O2/c1-19(2)8-4-6-12(20)18-10-13(21)7-3-5-11(9-13)14(15,16)17/h4,6,11,21H,3,5,7-10H2,1-2H3,(H,18,20)/b6-4+. The van der Waals surface area contributed by atoms with Crippen molar-refractivity contribution in [2.75, 3.05) is 27.2 Å². The van der Waals surface area contributed by atoms with Crippen LogP contribution in [0, 0.1) is 5.92 Å². The topological polar surface area (TPSA) is 52.6 Å². The Bertz CT molecular complexity index is 383. The molecule has 2 atom stereocenters. The summed E-state index contributed by atoms with van der Waals surface area (Å²) in [6.45, 7) is 0.443. The molecule has 0 aliphatic heterocycles. The predicted octanol–water partition coefficient (Wildman–Crippen LogP) is 1.70. The third-order valence-electron chi connectivity index (χ3n) is 3.62. The molecule has 0 aromatic rings. The number of nitrogens with one attached hydrogen (secondary N) is 1. The van der Waals surface area contributed by atoms with Gasteiger partial charge in [-0.2, -0.15) is 13.2 Å². The number of likely N-dealkylation sites (N-methyl/N-ethyl adjacent to an activating group) is 1. The van der Waals surface area contributed by atoms with Crippen LogP contribution in [-0.4, -0.2) is 54.9 Å². The van der Waals surface area contributed by atoms with Crippen LogP contribution < -0.4 is 5.32 Å². The van der Waals surface area contributed by atoms with Crippen molar-refractivity contribution in [2.24, 2.45) is 5.92 Å². The lowest BCUT2D eigenvalue weighted by Gasteiger charge is -2.37. The first-order valence-corrected chi connectivity index (χ1v) is 7.00. The Kier molecular flexibility index (Phi) is 6.22. The van der Waals surface area contributed by atoms with E-state index in [0.29, 0.717) is 13.0 Å². The van der Waals surface area contributed by atoms with E-state index >= 15 is 0 Å². The summed E-state index contributed by atoms with van der Waals surface area (Å²) in [5.41, 5.74) is -1.47. The summed E-state index contributed by atoms with van der Waals surface area (Å²) < 4.78 is 38.1. The Hall–Kier alpha value is -1.08. The van der Waals surface area contributed by atoms with Crippen molar-refractivity contribution < 1.29 is 23.1 Å². The van der Waals surface area contributed by atoms with Gasteiger partial charge in [-0.15, -0.1) is 0 Å². The molecule has 7 heteroatoms. The number of carbonyl (C=O) groups is 1. The molecular formula is C14H23F3N2O2. The molecule has 0 aromatic heterocycles. The summed E-state index contributed by atoms with van der Waals surface area (Å²) in [6, 6.07) is 0. The van der Waals surface area contributed by atoms with Crippen LogP contribution in [0.25, 0.3) is 0 Å². The van der Waals surface area contributed by atoms with E-state index < -0.39 is 23.6 Å². The Balaban J connectivity index is 2.46. The summed E-state index contributed by atoms with van der Waals surface area (Å²) in [6.07, 6.45) is -1.02. The lowest BCUT2D eigenvalue weighted by molar-refractivity contribution is -0.199. The van der Waals surface area contributed by atoms with E-state index in [0.717, 1.165) is 0 Å². The van der Waals surface area contributed by atoms with Crippen molar-refractivity contribution in [1.82, 2.24) is 10.2 Å². The van der Waals surface area contributed by atoms with Gasteiger partial charge in [-0.25, -0.2) is 0 Å². The number of carbonyl (C=O) groups excluding carboxylic acids is 1. The van der Waals surface area contributed by atoms with E-state index in [-0.39, 0.29) is 25.8 Å². The van der Waals surface area contributed by atoms with E-state index in [1.54, 1.807) is 6.08 Å². The zero-order valence-electron chi connectivity index (χ0n) is 12.4. The van der Waals surface area contributed by atoms with Gasteiger partial charge in [0, 0.05) is 19.2 Å². The number of nitrogens with zero attached hydrogens (tertiary/aromatic N) is 1. The molecule has 1 rings (SSSR count). The van der Waals surface area contributed by atoms with E-state index in [1.807, 2.05) is 19.0 Å². The molecule has 2 unspecified atom stereocenters. The number of hydrogen-bond donors (Lipinski definition) is 2.